The van der Waals surface area contributed by atoms with Gasteiger partial charge in [-0.25, -0.2) is 0 Å². The van der Waals surface area contributed by atoms with E-state index in [1.54, 1.807) is 37.4 Å². The fourth-order valence-corrected chi connectivity index (χ4v) is 1.70. The third-order valence-electron chi connectivity index (χ3n) is 2.76. The number of aromatic nitrogens is 2. The van der Waals surface area contributed by atoms with Crippen LogP contribution in [0.25, 0.3) is 0 Å². The fraction of sp³-hybridized carbons (Fsp3) is 0.143. The van der Waals surface area contributed by atoms with Gasteiger partial charge in [0.05, 0.1) is 12.7 Å². The largest absolute Gasteiger partial charge is 0.343 e. The van der Waals surface area contributed by atoms with Gasteiger partial charge in [0.25, 0.3) is 5.91 Å². The molecular formula is C14H13N5O2. The number of carbonyl (C=O) groups is 2. The SMILES string of the molecule is Cn1ncc(C#N)c1NC(=O)CNC(=O)c1ccccc1. The summed E-state index contributed by atoms with van der Waals surface area (Å²) in [6.45, 7) is -0.191. The third-order valence-corrected chi connectivity index (χ3v) is 2.76. The molecule has 2 N–H and O–H groups in total. The lowest BCUT2D eigenvalue weighted by Gasteiger charge is -2.07. The summed E-state index contributed by atoms with van der Waals surface area (Å²) in [4.78, 5) is 23.6. The van der Waals surface area contributed by atoms with Crippen molar-refractivity contribution in [2.75, 3.05) is 11.9 Å². The van der Waals surface area contributed by atoms with E-state index in [-0.39, 0.29) is 18.0 Å². The van der Waals surface area contributed by atoms with Gasteiger partial charge >= 0.3 is 0 Å². The number of carbonyl (C=O) groups excluding carboxylic acids is 2. The van der Waals surface area contributed by atoms with E-state index in [4.69, 9.17) is 5.26 Å². The second-order valence-corrected chi connectivity index (χ2v) is 4.24. The Balaban J connectivity index is 1.93. The first-order valence-corrected chi connectivity index (χ1v) is 6.17. The molecule has 0 aliphatic heterocycles. The number of nitrogens with one attached hydrogen (secondary N) is 2. The maximum Gasteiger partial charge on any atom is 0.251 e. The normalized spacial score (nSPS) is 9.71. The van der Waals surface area contributed by atoms with E-state index >= 15 is 0 Å². The van der Waals surface area contributed by atoms with Crippen molar-refractivity contribution in [1.29, 1.82) is 5.26 Å². The minimum absolute atomic E-state index is 0.191. The van der Waals surface area contributed by atoms with Crippen LogP contribution in [0, 0.1) is 11.3 Å². The molecule has 0 fully saturated rings. The number of hydrogen-bond donors (Lipinski definition) is 2. The molecule has 1 aromatic carbocycles. The van der Waals surface area contributed by atoms with Crippen LogP contribution < -0.4 is 10.6 Å². The molecular weight excluding hydrogens is 270 g/mol. The Bertz CT molecular complexity index is 700. The molecule has 106 valence electrons. The number of amides is 2. The molecule has 1 aromatic heterocycles. The van der Waals surface area contributed by atoms with Crippen LogP contribution in [0.2, 0.25) is 0 Å². The fourth-order valence-electron chi connectivity index (χ4n) is 1.70. The molecule has 2 amide bonds. The molecule has 0 saturated carbocycles. The van der Waals surface area contributed by atoms with E-state index in [0.717, 1.165) is 0 Å². The Morgan fingerprint density at radius 1 is 1.33 bits per heavy atom. The van der Waals surface area contributed by atoms with Crippen molar-refractivity contribution in [2.24, 2.45) is 7.05 Å². The Hall–Kier alpha value is -3.14. The first-order chi connectivity index (χ1) is 10.1. The van der Waals surface area contributed by atoms with Crippen LogP contribution in [0.1, 0.15) is 15.9 Å². The Kier molecular flexibility index (Phi) is 4.31. The van der Waals surface area contributed by atoms with Gasteiger partial charge in [-0.2, -0.15) is 10.4 Å². The van der Waals surface area contributed by atoms with Gasteiger partial charge in [-0.05, 0) is 12.1 Å². The van der Waals surface area contributed by atoms with E-state index in [0.29, 0.717) is 11.4 Å². The predicted molar refractivity (Wildman–Crippen MR) is 75.3 cm³/mol. The second-order valence-electron chi connectivity index (χ2n) is 4.24. The van der Waals surface area contributed by atoms with Crippen LogP contribution in [-0.2, 0) is 11.8 Å². The number of nitrogens with zero attached hydrogens (tertiary/aromatic N) is 3. The molecule has 0 radical (unpaired) electrons. The highest BCUT2D eigenvalue weighted by atomic mass is 16.2. The number of benzene rings is 1. The van der Waals surface area contributed by atoms with Crippen LogP contribution in [0.5, 0.6) is 0 Å². The lowest BCUT2D eigenvalue weighted by molar-refractivity contribution is -0.115. The molecule has 0 bridgehead atoms. The van der Waals surface area contributed by atoms with Gasteiger partial charge in [0.15, 0.2) is 0 Å². The van der Waals surface area contributed by atoms with Gasteiger partial charge in [0, 0.05) is 12.6 Å². The molecule has 0 aliphatic carbocycles. The highest BCUT2D eigenvalue weighted by Gasteiger charge is 2.12. The summed E-state index contributed by atoms with van der Waals surface area (Å²) in [6.07, 6.45) is 1.36. The monoisotopic (exact) mass is 283 g/mol. The summed E-state index contributed by atoms with van der Waals surface area (Å²) < 4.78 is 1.38. The lowest BCUT2D eigenvalue weighted by atomic mass is 10.2. The predicted octanol–water partition coefficient (Wildman–Crippen LogP) is 0.660. The summed E-state index contributed by atoms with van der Waals surface area (Å²) in [6, 6.07) is 10.5. The number of rotatable bonds is 4. The molecule has 0 atom stereocenters. The Morgan fingerprint density at radius 3 is 2.71 bits per heavy atom. The number of anilines is 1. The van der Waals surface area contributed by atoms with Crippen molar-refractivity contribution in [3.8, 4) is 6.07 Å². The average Bonchev–Trinajstić information content (AvgIpc) is 2.86. The minimum atomic E-state index is -0.431. The van der Waals surface area contributed by atoms with Crippen LogP contribution in [0.15, 0.2) is 36.5 Å². The number of aryl methyl sites for hydroxylation is 1. The van der Waals surface area contributed by atoms with Crippen molar-refractivity contribution in [3.63, 3.8) is 0 Å². The standard InChI is InChI=1S/C14H13N5O2/c1-19-13(11(7-15)8-17-19)18-12(20)9-16-14(21)10-5-3-2-4-6-10/h2-6,8H,9H2,1H3,(H,16,21)(H,18,20). The summed E-state index contributed by atoms with van der Waals surface area (Å²) in [7, 11) is 1.61. The van der Waals surface area contributed by atoms with Crippen molar-refractivity contribution in [2.45, 2.75) is 0 Å². The zero-order valence-corrected chi connectivity index (χ0v) is 11.3. The van der Waals surface area contributed by atoms with Crippen LogP contribution in [0.3, 0.4) is 0 Å². The number of hydrogen-bond acceptors (Lipinski definition) is 4. The second kappa shape index (κ2) is 6.34. The van der Waals surface area contributed by atoms with Gasteiger partial charge in [0.1, 0.15) is 17.5 Å². The van der Waals surface area contributed by atoms with Crippen molar-refractivity contribution < 1.29 is 9.59 Å². The quantitative estimate of drug-likeness (QED) is 0.860. The molecule has 0 aliphatic rings. The average molecular weight is 283 g/mol. The summed E-state index contributed by atoms with van der Waals surface area (Å²) in [5.41, 5.74) is 0.740. The Labute approximate surface area is 121 Å². The highest BCUT2D eigenvalue weighted by molar-refractivity contribution is 5.99. The van der Waals surface area contributed by atoms with Gasteiger partial charge < -0.3 is 10.6 Å². The van der Waals surface area contributed by atoms with Gasteiger partial charge in [-0.3, -0.25) is 14.3 Å². The molecule has 0 spiro atoms. The van der Waals surface area contributed by atoms with Crippen LogP contribution >= 0.6 is 0 Å². The first kappa shape index (κ1) is 14.3. The van der Waals surface area contributed by atoms with Gasteiger partial charge in [-0.15, -0.1) is 0 Å². The summed E-state index contributed by atoms with van der Waals surface area (Å²) >= 11 is 0. The van der Waals surface area contributed by atoms with Crippen molar-refractivity contribution in [1.82, 2.24) is 15.1 Å². The maximum atomic E-state index is 11.8. The molecule has 21 heavy (non-hydrogen) atoms. The molecule has 2 aromatic rings. The van der Waals surface area contributed by atoms with Gasteiger partial charge in [-0.1, -0.05) is 18.2 Å². The molecule has 0 saturated heterocycles. The van der Waals surface area contributed by atoms with E-state index in [1.165, 1.54) is 10.9 Å². The van der Waals surface area contributed by atoms with E-state index in [2.05, 4.69) is 15.7 Å². The molecule has 0 unspecified atom stereocenters. The zero-order chi connectivity index (χ0) is 15.2. The van der Waals surface area contributed by atoms with Crippen molar-refractivity contribution >= 4 is 17.6 Å². The van der Waals surface area contributed by atoms with E-state index in [1.807, 2.05) is 6.07 Å². The summed E-state index contributed by atoms with van der Waals surface area (Å²) in [5.74, 6) is -0.466. The van der Waals surface area contributed by atoms with Crippen molar-refractivity contribution in [3.05, 3.63) is 47.7 Å². The smallest absolute Gasteiger partial charge is 0.251 e. The third kappa shape index (κ3) is 3.45. The topological polar surface area (TPSA) is 99.8 Å². The highest BCUT2D eigenvalue weighted by Crippen LogP contribution is 2.11. The Morgan fingerprint density at radius 2 is 2.05 bits per heavy atom. The van der Waals surface area contributed by atoms with Crippen LogP contribution in [0.4, 0.5) is 5.82 Å². The number of nitriles is 1. The van der Waals surface area contributed by atoms with Gasteiger partial charge in [0.2, 0.25) is 5.91 Å². The molecule has 2 rings (SSSR count). The molecule has 1 heterocycles. The maximum absolute atomic E-state index is 11.8. The van der Waals surface area contributed by atoms with E-state index < -0.39 is 5.91 Å². The zero-order valence-electron chi connectivity index (χ0n) is 11.3. The molecule has 7 nitrogen and oxygen atoms in total. The summed E-state index contributed by atoms with van der Waals surface area (Å²) in [5, 5.41) is 17.8. The minimum Gasteiger partial charge on any atom is -0.343 e. The molecule has 7 heteroatoms. The van der Waals surface area contributed by atoms with Crippen LogP contribution in [-0.4, -0.2) is 28.1 Å². The van der Waals surface area contributed by atoms with E-state index in [9.17, 15) is 9.59 Å². The lowest BCUT2D eigenvalue weighted by Crippen LogP contribution is -2.33. The first-order valence-electron chi connectivity index (χ1n) is 6.17.